The van der Waals surface area contributed by atoms with Crippen molar-refractivity contribution in [3.05, 3.63) is 36.3 Å². The molecule has 0 aliphatic carbocycles. The molecule has 0 aromatic carbocycles. The summed E-state index contributed by atoms with van der Waals surface area (Å²) in [5, 5.41) is 3.56. The molecular formula is C12H9F2N5. The molecule has 19 heavy (non-hydrogen) atoms. The summed E-state index contributed by atoms with van der Waals surface area (Å²) >= 11 is 0. The molecule has 3 rings (SSSR count). The van der Waals surface area contributed by atoms with Gasteiger partial charge in [-0.2, -0.15) is 18.6 Å². The Balaban J connectivity index is 2.09. The van der Waals surface area contributed by atoms with Gasteiger partial charge in [-0.3, -0.25) is 4.98 Å². The number of fused-ring (bicyclic) bond motifs is 1. The van der Waals surface area contributed by atoms with Crippen LogP contribution in [-0.2, 0) is 0 Å². The van der Waals surface area contributed by atoms with Gasteiger partial charge in [-0.25, -0.2) is 9.97 Å². The van der Waals surface area contributed by atoms with E-state index in [-0.39, 0.29) is 5.65 Å². The Morgan fingerprint density at radius 3 is 2.58 bits per heavy atom. The lowest BCUT2D eigenvalue weighted by Crippen LogP contribution is -2.01. The van der Waals surface area contributed by atoms with Crippen LogP contribution in [0.4, 0.5) is 8.78 Å². The molecule has 0 amide bonds. The molecule has 3 heterocycles. The first-order chi connectivity index (χ1) is 9.15. The summed E-state index contributed by atoms with van der Waals surface area (Å²) in [7, 11) is 0. The van der Waals surface area contributed by atoms with E-state index >= 15 is 0 Å². The molecule has 0 unspecified atom stereocenters. The first-order valence-corrected chi connectivity index (χ1v) is 5.56. The molecule has 0 N–H and O–H groups in total. The Morgan fingerprint density at radius 1 is 1.05 bits per heavy atom. The van der Waals surface area contributed by atoms with Crippen LogP contribution in [0.15, 0.2) is 30.7 Å². The van der Waals surface area contributed by atoms with E-state index in [9.17, 15) is 8.78 Å². The topological polar surface area (TPSA) is 56.5 Å². The van der Waals surface area contributed by atoms with Crippen LogP contribution in [0.2, 0.25) is 0 Å². The fraction of sp³-hybridized carbons (Fsp3) is 0.167. The molecule has 0 aliphatic rings. The Kier molecular flexibility index (Phi) is 2.66. The number of aryl methyl sites for hydroxylation is 1. The van der Waals surface area contributed by atoms with Crippen molar-refractivity contribution in [2.24, 2.45) is 0 Å². The summed E-state index contributed by atoms with van der Waals surface area (Å²) in [6.07, 6.45) is 4.40. The highest BCUT2D eigenvalue weighted by Crippen LogP contribution is 2.20. The second-order valence-electron chi connectivity index (χ2n) is 4.05. The maximum absolute atomic E-state index is 12.6. The lowest BCUT2D eigenvalue weighted by Gasteiger charge is -2.02. The van der Waals surface area contributed by atoms with Gasteiger partial charge in [0.05, 0.1) is 18.1 Å². The summed E-state index contributed by atoms with van der Waals surface area (Å²) in [6, 6.07) is 3.71. The van der Waals surface area contributed by atoms with Gasteiger partial charge >= 0.3 is 6.55 Å². The molecule has 0 saturated heterocycles. The number of pyridine rings is 1. The molecule has 7 heteroatoms. The van der Waals surface area contributed by atoms with Gasteiger partial charge in [0.1, 0.15) is 11.2 Å². The van der Waals surface area contributed by atoms with Crippen LogP contribution in [0.25, 0.3) is 22.6 Å². The highest BCUT2D eigenvalue weighted by molar-refractivity contribution is 5.72. The number of rotatable bonds is 2. The molecule has 0 atom stereocenters. The molecular weight excluding hydrogens is 252 g/mol. The maximum Gasteiger partial charge on any atom is 0.335 e. The maximum atomic E-state index is 12.6. The predicted molar refractivity (Wildman–Crippen MR) is 64.5 cm³/mol. The van der Waals surface area contributed by atoms with E-state index in [1.54, 1.807) is 6.20 Å². The van der Waals surface area contributed by atoms with E-state index in [4.69, 9.17) is 0 Å². The molecule has 0 fully saturated rings. The molecule has 0 radical (unpaired) electrons. The highest BCUT2D eigenvalue weighted by Gasteiger charge is 2.14. The van der Waals surface area contributed by atoms with E-state index in [1.165, 1.54) is 12.4 Å². The standard InChI is InChI=1S/C12H9F2N5/c1-7-2-3-8(15-4-7)9-5-16-11-10(18-9)6-17-19(11)12(13)14/h2-6,12H,1H3. The van der Waals surface area contributed by atoms with Crippen LogP contribution in [0.1, 0.15) is 12.1 Å². The van der Waals surface area contributed by atoms with Crippen molar-refractivity contribution in [3.8, 4) is 11.4 Å². The van der Waals surface area contributed by atoms with Crippen molar-refractivity contribution < 1.29 is 8.78 Å². The fourth-order valence-electron chi connectivity index (χ4n) is 1.72. The molecule has 0 bridgehead atoms. The Morgan fingerprint density at radius 2 is 1.89 bits per heavy atom. The number of hydrogen-bond acceptors (Lipinski definition) is 4. The number of halogens is 2. The first kappa shape index (κ1) is 11.6. The predicted octanol–water partition coefficient (Wildman–Crippen LogP) is 2.59. The van der Waals surface area contributed by atoms with Gasteiger partial charge in [0, 0.05) is 6.20 Å². The normalized spacial score (nSPS) is 11.4. The number of nitrogens with zero attached hydrogens (tertiary/aromatic N) is 5. The van der Waals surface area contributed by atoms with Gasteiger partial charge in [-0.15, -0.1) is 0 Å². The summed E-state index contributed by atoms with van der Waals surface area (Å²) < 4.78 is 25.8. The molecule has 0 saturated carbocycles. The summed E-state index contributed by atoms with van der Waals surface area (Å²) in [5.41, 5.74) is 2.58. The summed E-state index contributed by atoms with van der Waals surface area (Å²) in [4.78, 5) is 12.4. The zero-order valence-corrected chi connectivity index (χ0v) is 9.96. The SMILES string of the molecule is Cc1ccc(-c2cnc3c(cnn3C(F)F)n2)nc1. The lowest BCUT2D eigenvalue weighted by molar-refractivity contribution is 0.0608. The van der Waals surface area contributed by atoms with Crippen LogP contribution >= 0.6 is 0 Å². The van der Waals surface area contributed by atoms with Gasteiger partial charge in [-0.05, 0) is 18.6 Å². The number of aromatic nitrogens is 5. The molecule has 96 valence electrons. The molecule has 3 aromatic rings. The van der Waals surface area contributed by atoms with Crippen molar-refractivity contribution in [1.82, 2.24) is 24.7 Å². The Labute approximate surface area is 106 Å². The average Bonchev–Trinajstić information content (AvgIpc) is 2.82. The van der Waals surface area contributed by atoms with Crippen LogP contribution in [0.5, 0.6) is 0 Å². The Bertz CT molecular complexity index is 721. The van der Waals surface area contributed by atoms with Gasteiger partial charge in [0.25, 0.3) is 0 Å². The quantitative estimate of drug-likeness (QED) is 0.711. The molecule has 0 spiro atoms. The summed E-state index contributed by atoms with van der Waals surface area (Å²) in [6.45, 7) is -0.798. The largest absolute Gasteiger partial charge is 0.335 e. The third-order valence-corrected chi connectivity index (χ3v) is 2.66. The molecule has 3 aromatic heterocycles. The van der Waals surface area contributed by atoms with Crippen molar-refractivity contribution >= 4 is 11.2 Å². The third kappa shape index (κ3) is 2.03. The highest BCUT2D eigenvalue weighted by atomic mass is 19.3. The van der Waals surface area contributed by atoms with Crippen LogP contribution in [0.3, 0.4) is 0 Å². The minimum atomic E-state index is -2.73. The number of hydrogen-bond donors (Lipinski definition) is 0. The van der Waals surface area contributed by atoms with Gasteiger partial charge in [0.2, 0.25) is 0 Å². The van der Waals surface area contributed by atoms with Crippen molar-refractivity contribution in [1.29, 1.82) is 0 Å². The smallest absolute Gasteiger partial charge is 0.254 e. The van der Waals surface area contributed by atoms with Gasteiger partial charge in [0.15, 0.2) is 5.65 Å². The average molecular weight is 261 g/mol. The van der Waals surface area contributed by atoms with Crippen LogP contribution in [-0.4, -0.2) is 24.7 Å². The van der Waals surface area contributed by atoms with Crippen molar-refractivity contribution in [2.45, 2.75) is 13.5 Å². The minimum absolute atomic E-state index is 0.0610. The third-order valence-electron chi connectivity index (χ3n) is 2.66. The monoisotopic (exact) mass is 261 g/mol. The van der Waals surface area contributed by atoms with Crippen LogP contribution in [0, 0.1) is 6.92 Å². The van der Waals surface area contributed by atoms with E-state index in [1.807, 2.05) is 19.1 Å². The fourth-order valence-corrected chi connectivity index (χ4v) is 1.72. The second kappa shape index (κ2) is 4.34. The van der Waals surface area contributed by atoms with E-state index in [2.05, 4.69) is 20.1 Å². The summed E-state index contributed by atoms with van der Waals surface area (Å²) in [5.74, 6) is 0. The first-order valence-electron chi connectivity index (χ1n) is 5.56. The van der Waals surface area contributed by atoms with Crippen molar-refractivity contribution in [3.63, 3.8) is 0 Å². The Hall–Kier alpha value is -2.44. The molecule has 0 aliphatic heterocycles. The van der Waals surface area contributed by atoms with E-state index < -0.39 is 6.55 Å². The van der Waals surface area contributed by atoms with Gasteiger partial charge < -0.3 is 0 Å². The van der Waals surface area contributed by atoms with Crippen LogP contribution < -0.4 is 0 Å². The zero-order chi connectivity index (χ0) is 13.4. The van der Waals surface area contributed by atoms with E-state index in [0.717, 1.165) is 5.56 Å². The lowest BCUT2D eigenvalue weighted by atomic mass is 10.2. The number of alkyl halides is 2. The van der Waals surface area contributed by atoms with Crippen molar-refractivity contribution in [2.75, 3.05) is 0 Å². The second-order valence-corrected chi connectivity index (χ2v) is 4.05. The van der Waals surface area contributed by atoms with Gasteiger partial charge in [-0.1, -0.05) is 6.07 Å². The van der Waals surface area contributed by atoms with E-state index in [0.29, 0.717) is 21.6 Å². The minimum Gasteiger partial charge on any atom is -0.254 e. The molecule has 5 nitrogen and oxygen atoms in total. The zero-order valence-electron chi connectivity index (χ0n) is 9.96.